The summed E-state index contributed by atoms with van der Waals surface area (Å²) in [6, 6.07) is 0.0996. The van der Waals surface area contributed by atoms with Gasteiger partial charge in [-0.2, -0.15) is 5.10 Å². The molecule has 2 rings (SSSR count). The van der Waals surface area contributed by atoms with Gasteiger partial charge in [0.2, 0.25) is 0 Å². The van der Waals surface area contributed by atoms with E-state index in [2.05, 4.69) is 10.5 Å². The van der Waals surface area contributed by atoms with Crippen molar-refractivity contribution in [3.63, 3.8) is 0 Å². The van der Waals surface area contributed by atoms with E-state index in [-0.39, 0.29) is 18.5 Å². The number of hydrogen-bond acceptors (Lipinski definition) is 5. The molecule has 0 aromatic carbocycles. The minimum atomic E-state index is -0.829. The van der Waals surface area contributed by atoms with Crippen molar-refractivity contribution < 1.29 is 10.4 Å². The number of quaternary nitrogens is 1. The minimum absolute atomic E-state index is 0.0356. The molecule has 0 radical (unpaired) electrons. The van der Waals surface area contributed by atoms with Gasteiger partial charge in [-0.1, -0.05) is 13.0 Å². The van der Waals surface area contributed by atoms with Crippen LogP contribution in [-0.2, 0) is 0 Å². The van der Waals surface area contributed by atoms with Crippen molar-refractivity contribution in [2.45, 2.75) is 13.0 Å². The Morgan fingerprint density at radius 3 is 3.13 bits per heavy atom. The van der Waals surface area contributed by atoms with Crippen LogP contribution in [0.1, 0.15) is 6.92 Å². The number of amidine groups is 1. The van der Waals surface area contributed by atoms with Gasteiger partial charge < -0.3 is 10.9 Å². The van der Waals surface area contributed by atoms with E-state index in [0.29, 0.717) is 5.84 Å². The molecule has 6 heteroatoms. The summed E-state index contributed by atoms with van der Waals surface area (Å²) in [5, 5.41) is 22.4. The summed E-state index contributed by atoms with van der Waals surface area (Å²) in [5.41, 5.74) is 10.3. The molecule has 0 aromatic heterocycles. The van der Waals surface area contributed by atoms with Crippen molar-refractivity contribution in [3.8, 4) is 0 Å². The van der Waals surface area contributed by atoms with E-state index in [4.69, 9.17) is 10.9 Å². The first kappa shape index (κ1) is 10.2. The summed E-state index contributed by atoms with van der Waals surface area (Å²) in [6.07, 6.45) is 3.76. The molecule has 82 valence electrons. The van der Waals surface area contributed by atoms with E-state index in [0.717, 1.165) is 11.1 Å². The average molecular weight is 210 g/mol. The van der Waals surface area contributed by atoms with Crippen LogP contribution in [0.5, 0.6) is 0 Å². The van der Waals surface area contributed by atoms with Crippen LogP contribution in [0.15, 0.2) is 28.4 Å². The number of hydroxylamine groups is 2. The van der Waals surface area contributed by atoms with Gasteiger partial charge in [0.15, 0.2) is 0 Å². The van der Waals surface area contributed by atoms with Crippen LogP contribution < -0.4 is 16.4 Å². The van der Waals surface area contributed by atoms with E-state index in [1.807, 2.05) is 19.1 Å². The van der Waals surface area contributed by atoms with Gasteiger partial charge in [0.25, 0.3) is 0 Å². The summed E-state index contributed by atoms with van der Waals surface area (Å²) in [7, 11) is 0. The van der Waals surface area contributed by atoms with Gasteiger partial charge in [0, 0.05) is 17.1 Å². The average Bonchev–Trinajstić information content (AvgIpc) is 2.47. The number of rotatable bonds is 2. The highest BCUT2D eigenvalue weighted by atomic mass is 16.8. The molecular weight excluding hydrogens is 196 g/mol. The predicted molar refractivity (Wildman–Crippen MR) is 54.9 cm³/mol. The zero-order chi connectivity index (χ0) is 11.0. The number of hydrazone groups is 1. The molecule has 1 heterocycles. The highest BCUT2D eigenvalue weighted by molar-refractivity contribution is 6.00. The fourth-order valence-corrected chi connectivity index (χ4v) is 1.96. The summed E-state index contributed by atoms with van der Waals surface area (Å²) < 4.78 is 0. The molecule has 3 atom stereocenters. The molecule has 5 N–H and O–H groups in total. The smallest absolute Gasteiger partial charge is 0.148 e. The Bertz CT molecular complexity index is 359. The lowest BCUT2D eigenvalue weighted by atomic mass is 9.87. The Hall–Kier alpha value is -1.37. The fourth-order valence-electron chi connectivity index (χ4n) is 1.96. The Labute approximate surface area is 87.3 Å². The third kappa shape index (κ3) is 1.87. The summed E-state index contributed by atoms with van der Waals surface area (Å²) in [6.45, 7) is 2.05. The van der Waals surface area contributed by atoms with E-state index < -0.39 is 5.23 Å². The third-order valence-electron chi connectivity index (χ3n) is 2.65. The summed E-state index contributed by atoms with van der Waals surface area (Å²) in [4.78, 5) is 0. The van der Waals surface area contributed by atoms with Crippen LogP contribution in [-0.4, -0.2) is 23.6 Å². The largest absolute Gasteiger partial charge is 0.600 e. The Morgan fingerprint density at radius 1 is 1.73 bits per heavy atom. The summed E-state index contributed by atoms with van der Waals surface area (Å²) in [5.74, 6) is 0.673. The predicted octanol–water partition coefficient (Wildman–Crippen LogP) is -1.50. The van der Waals surface area contributed by atoms with E-state index in [1.54, 1.807) is 0 Å². The van der Waals surface area contributed by atoms with Crippen molar-refractivity contribution in [2.75, 3.05) is 6.54 Å². The lowest BCUT2D eigenvalue weighted by molar-refractivity contribution is -1.04. The number of fused-ring (bicyclic) bond motifs is 1. The van der Waals surface area contributed by atoms with Crippen LogP contribution in [0.3, 0.4) is 0 Å². The zero-order valence-electron chi connectivity index (χ0n) is 8.40. The second-order valence-corrected chi connectivity index (χ2v) is 3.87. The molecule has 0 saturated carbocycles. The van der Waals surface area contributed by atoms with Gasteiger partial charge in [-0.3, -0.25) is 5.43 Å². The maximum atomic E-state index is 10.6. The lowest BCUT2D eigenvalue weighted by Crippen LogP contribution is -3.04. The topological polar surface area (TPSA) is 98.1 Å². The first-order chi connectivity index (χ1) is 7.08. The molecule has 0 fully saturated rings. The van der Waals surface area contributed by atoms with Gasteiger partial charge in [-0.05, 0) is 6.08 Å². The van der Waals surface area contributed by atoms with Crippen LogP contribution in [0, 0.1) is 11.1 Å². The molecule has 2 aliphatic rings. The molecule has 0 aromatic rings. The molecule has 15 heavy (non-hydrogen) atoms. The highest BCUT2D eigenvalue weighted by Crippen LogP contribution is 2.25. The molecule has 0 bridgehead atoms. The van der Waals surface area contributed by atoms with Crippen molar-refractivity contribution in [1.82, 2.24) is 5.43 Å². The number of nitrogens with two attached hydrogens (primary N) is 1. The van der Waals surface area contributed by atoms with E-state index in [9.17, 15) is 5.21 Å². The summed E-state index contributed by atoms with van der Waals surface area (Å²) >= 11 is 0. The van der Waals surface area contributed by atoms with Gasteiger partial charge >= 0.3 is 0 Å². The molecule has 1 aliphatic heterocycles. The Kier molecular flexibility index (Phi) is 2.47. The number of nitrogens with zero attached hydrogens (tertiary/aromatic N) is 1. The Morgan fingerprint density at radius 2 is 2.47 bits per heavy atom. The third-order valence-corrected chi connectivity index (χ3v) is 2.65. The minimum Gasteiger partial charge on any atom is -0.600 e. The molecule has 6 nitrogen and oxygen atoms in total. The quantitative estimate of drug-likeness (QED) is 0.417. The van der Waals surface area contributed by atoms with Crippen molar-refractivity contribution in [1.29, 1.82) is 0 Å². The fraction of sp³-hybridized carbons (Fsp3) is 0.444. The molecule has 1 aliphatic carbocycles. The first-order valence-corrected chi connectivity index (χ1v) is 4.81. The van der Waals surface area contributed by atoms with Crippen molar-refractivity contribution >= 4 is 5.84 Å². The van der Waals surface area contributed by atoms with Gasteiger partial charge in [0.05, 0.1) is 6.04 Å². The van der Waals surface area contributed by atoms with Crippen molar-refractivity contribution in [2.24, 2.45) is 16.8 Å². The molecule has 0 saturated heterocycles. The standard InChI is InChI=1S/C9H14N4O2/c1-5-2-6(4-13(14)15)3-7-8(5)11-12-9(7)10/h2-3,5,8,11,13-14H,4H2,1H3,(H2,10,12). The molecule has 3 unspecified atom stereocenters. The lowest BCUT2D eigenvalue weighted by Gasteiger charge is -2.24. The van der Waals surface area contributed by atoms with Crippen molar-refractivity contribution in [3.05, 3.63) is 28.5 Å². The van der Waals surface area contributed by atoms with E-state index in [1.165, 1.54) is 0 Å². The van der Waals surface area contributed by atoms with Crippen LogP contribution in [0.4, 0.5) is 0 Å². The van der Waals surface area contributed by atoms with Gasteiger partial charge in [-0.25, -0.2) is 10.4 Å². The zero-order valence-corrected chi connectivity index (χ0v) is 8.40. The first-order valence-electron chi connectivity index (χ1n) is 4.81. The number of hydrogen-bond donors (Lipinski definition) is 4. The molecule has 0 amide bonds. The van der Waals surface area contributed by atoms with Crippen LogP contribution in [0.2, 0.25) is 0 Å². The number of nitrogens with one attached hydrogen (secondary N) is 2. The second kappa shape index (κ2) is 3.65. The van der Waals surface area contributed by atoms with Gasteiger partial charge in [-0.15, -0.1) is 0 Å². The maximum Gasteiger partial charge on any atom is 0.148 e. The Balaban J connectivity index is 2.22. The highest BCUT2D eigenvalue weighted by Gasteiger charge is 2.30. The monoisotopic (exact) mass is 210 g/mol. The molecular formula is C9H14N4O2. The molecule has 0 spiro atoms. The van der Waals surface area contributed by atoms with Crippen LogP contribution in [0.25, 0.3) is 0 Å². The van der Waals surface area contributed by atoms with Gasteiger partial charge in [0.1, 0.15) is 12.4 Å². The normalized spacial score (nSPS) is 31.0. The SMILES string of the molecule is CC1C=C(C[NH+]([O-])O)C=C2C(N)=NNC21. The van der Waals surface area contributed by atoms with Crippen LogP contribution >= 0.6 is 0 Å². The maximum absolute atomic E-state index is 10.6. The second-order valence-electron chi connectivity index (χ2n) is 3.87. The van der Waals surface area contributed by atoms with E-state index >= 15 is 0 Å².